The molecule has 0 bridgehead atoms. The monoisotopic (exact) mass is 698 g/mol. The maximum Gasteiger partial charge on any atom is 0.308 e. The number of carbonyl (C=O) groups is 1. The van der Waals surface area contributed by atoms with Crippen molar-refractivity contribution < 1.29 is 23.0 Å². The molecule has 12 heteroatoms. The van der Waals surface area contributed by atoms with Crippen LogP contribution in [-0.2, 0) is 16.1 Å². The number of fused-ring (bicyclic) bond motifs is 1. The molecule has 1 fully saturated rings. The minimum absolute atomic E-state index is 0.0277. The molecule has 0 atom stereocenters. The molecular formula is C38H37ClF2N6O3. The number of hydrogen-bond acceptors (Lipinski definition) is 9. The van der Waals surface area contributed by atoms with E-state index in [1.54, 1.807) is 25.4 Å². The average Bonchev–Trinajstić information content (AvgIpc) is 3.14. The van der Waals surface area contributed by atoms with E-state index < -0.39 is 12.2 Å². The molecule has 1 aliphatic rings. The highest BCUT2D eigenvalue weighted by Gasteiger charge is 2.27. The summed E-state index contributed by atoms with van der Waals surface area (Å²) in [6.45, 7) is 6.22. The number of rotatable bonds is 11. The predicted molar refractivity (Wildman–Crippen MR) is 192 cm³/mol. The van der Waals surface area contributed by atoms with Gasteiger partial charge in [0, 0.05) is 41.2 Å². The normalized spacial score (nSPS) is 16.0. The first-order chi connectivity index (χ1) is 24.2. The van der Waals surface area contributed by atoms with Gasteiger partial charge in [0.05, 0.1) is 36.4 Å². The molecule has 0 radical (unpaired) electrons. The predicted octanol–water partition coefficient (Wildman–Crippen LogP) is 8.87. The summed E-state index contributed by atoms with van der Waals surface area (Å²) in [6.07, 6.45) is 3.70. The summed E-state index contributed by atoms with van der Waals surface area (Å²) in [5.41, 5.74) is 6.68. The van der Waals surface area contributed by atoms with Crippen LogP contribution in [0.2, 0.25) is 5.02 Å². The number of methoxy groups -OCH3 is 2. The molecule has 1 saturated carbocycles. The Morgan fingerprint density at radius 2 is 1.76 bits per heavy atom. The lowest BCUT2D eigenvalue weighted by atomic mass is 9.86. The van der Waals surface area contributed by atoms with Crippen LogP contribution in [-0.4, -0.2) is 46.2 Å². The van der Waals surface area contributed by atoms with Crippen LogP contribution in [0.15, 0.2) is 67.4 Å². The summed E-state index contributed by atoms with van der Waals surface area (Å²) < 4.78 is 38.2. The standard InChI is InChI=1S/C38H37ClF2N6O3/c1-5-22-18-31-33(43-19-22)35(47-36(45-31)34(40)41)44-29-11-7-8-26(21(29)2)27-9-6-10-28(32(27)39)30-17-14-24(37(46-30)49-3)20-42-25-15-12-23(13-16-25)38(48)50-4/h5-11,14,17-19,23,25,34,42H,1,12-13,15-16,20H2,2-4H3,(H,44,45,47). The van der Waals surface area contributed by atoms with Gasteiger partial charge in [-0.15, -0.1) is 0 Å². The van der Waals surface area contributed by atoms with E-state index in [1.165, 1.54) is 7.11 Å². The quantitative estimate of drug-likeness (QED) is 0.131. The average molecular weight is 699 g/mol. The minimum Gasteiger partial charge on any atom is -0.481 e. The Labute approximate surface area is 294 Å². The van der Waals surface area contributed by atoms with E-state index in [0.717, 1.165) is 53.5 Å². The number of aromatic nitrogens is 4. The van der Waals surface area contributed by atoms with Gasteiger partial charge in [0.25, 0.3) is 6.43 Å². The number of carbonyl (C=O) groups excluding carboxylic acids is 1. The maximum atomic E-state index is 13.8. The summed E-state index contributed by atoms with van der Waals surface area (Å²) in [7, 11) is 3.03. The molecule has 0 aliphatic heterocycles. The number of hydrogen-bond donors (Lipinski definition) is 2. The van der Waals surface area contributed by atoms with Crippen molar-refractivity contribution >= 4 is 46.2 Å². The first kappa shape index (κ1) is 34.8. The minimum atomic E-state index is -2.86. The fraction of sp³-hybridized carbons (Fsp3) is 0.289. The lowest BCUT2D eigenvalue weighted by molar-refractivity contribution is -0.146. The van der Waals surface area contributed by atoms with Crippen molar-refractivity contribution in [3.63, 3.8) is 0 Å². The summed E-state index contributed by atoms with van der Waals surface area (Å²) >= 11 is 7.10. The van der Waals surface area contributed by atoms with E-state index in [1.807, 2.05) is 55.5 Å². The number of benzene rings is 2. The van der Waals surface area contributed by atoms with E-state index in [2.05, 4.69) is 32.2 Å². The smallest absolute Gasteiger partial charge is 0.308 e. The molecule has 0 amide bonds. The third kappa shape index (κ3) is 7.29. The Hall–Kier alpha value is -5.00. The molecule has 0 saturated heterocycles. The van der Waals surface area contributed by atoms with Gasteiger partial charge in [-0.3, -0.25) is 9.78 Å². The Kier molecular flexibility index (Phi) is 10.6. The largest absolute Gasteiger partial charge is 0.481 e. The van der Waals surface area contributed by atoms with Crippen LogP contribution in [0.1, 0.15) is 54.6 Å². The third-order valence-electron chi connectivity index (χ3n) is 9.13. The van der Waals surface area contributed by atoms with Gasteiger partial charge in [-0.1, -0.05) is 60.7 Å². The van der Waals surface area contributed by atoms with Crippen molar-refractivity contribution in [3.05, 3.63) is 94.9 Å². The number of nitrogens with zero attached hydrogens (tertiary/aromatic N) is 4. The molecule has 0 spiro atoms. The zero-order chi connectivity index (χ0) is 35.4. The van der Waals surface area contributed by atoms with Crippen molar-refractivity contribution in [2.24, 2.45) is 5.92 Å². The molecule has 3 heterocycles. The number of alkyl halides is 2. The van der Waals surface area contributed by atoms with Gasteiger partial charge >= 0.3 is 5.97 Å². The van der Waals surface area contributed by atoms with Crippen LogP contribution in [0, 0.1) is 12.8 Å². The van der Waals surface area contributed by atoms with Crippen LogP contribution < -0.4 is 15.4 Å². The third-order valence-corrected chi connectivity index (χ3v) is 9.54. The van der Waals surface area contributed by atoms with Gasteiger partial charge in [0.15, 0.2) is 11.6 Å². The number of halogens is 3. The van der Waals surface area contributed by atoms with E-state index >= 15 is 0 Å². The highest BCUT2D eigenvalue weighted by molar-refractivity contribution is 6.36. The molecule has 6 rings (SSSR count). The fourth-order valence-corrected chi connectivity index (χ4v) is 6.69. The molecule has 2 N–H and O–H groups in total. The number of anilines is 2. The summed E-state index contributed by atoms with van der Waals surface area (Å²) in [6, 6.07) is 17.2. The Morgan fingerprint density at radius 1 is 1.02 bits per heavy atom. The molecule has 1 aliphatic carbocycles. The van der Waals surface area contributed by atoms with Crippen molar-refractivity contribution in [2.45, 2.75) is 51.6 Å². The van der Waals surface area contributed by atoms with Crippen molar-refractivity contribution in [1.29, 1.82) is 0 Å². The van der Waals surface area contributed by atoms with Crippen LogP contribution >= 0.6 is 11.6 Å². The SMILES string of the molecule is C=Cc1cnc2c(Nc3cccc(-c4cccc(-c5ccc(CNC6CCC(C(=O)OC)CC6)c(OC)n5)c4Cl)c3C)nc(C(F)F)nc2c1. The van der Waals surface area contributed by atoms with Gasteiger partial charge < -0.3 is 20.1 Å². The molecular weight excluding hydrogens is 662 g/mol. The molecule has 2 aromatic carbocycles. The maximum absolute atomic E-state index is 13.8. The van der Waals surface area contributed by atoms with E-state index in [9.17, 15) is 13.6 Å². The van der Waals surface area contributed by atoms with Crippen LogP contribution in [0.25, 0.3) is 39.5 Å². The molecule has 9 nitrogen and oxygen atoms in total. The van der Waals surface area contributed by atoms with Gasteiger partial charge in [0.2, 0.25) is 5.88 Å². The zero-order valence-corrected chi connectivity index (χ0v) is 28.7. The van der Waals surface area contributed by atoms with E-state index in [-0.39, 0.29) is 23.2 Å². The number of ether oxygens (including phenoxy) is 2. The van der Waals surface area contributed by atoms with Crippen molar-refractivity contribution in [1.82, 2.24) is 25.3 Å². The summed E-state index contributed by atoms with van der Waals surface area (Å²) in [5.74, 6) is -0.0915. The number of esters is 1. The molecule has 50 heavy (non-hydrogen) atoms. The Morgan fingerprint density at radius 3 is 2.48 bits per heavy atom. The molecule has 0 unspecified atom stereocenters. The number of pyridine rings is 2. The molecule has 258 valence electrons. The topological polar surface area (TPSA) is 111 Å². The highest BCUT2D eigenvalue weighted by Crippen LogP contribution is 2.40. The highest BCUT2D eigenvalue weighted by atomic mass is 35.5. The second-order valence-corrected chi connectivity index (χ2v) is 12.5. The van der Waals surface area contributed by atoms with Gasteiger partial charge in [-0.05, 0) is 67.5 Å². The van der Waals surface area contributed by atoms with Crippen molar-refractivity contribution in [3.8, 4) is 28.3 Å². The lowest BCUT2D eigenvalue weighted by Gasteiger charge is -2.27. The second-order valence-electron chi connectivity index (χ2n) is 12.2. The first-order valence-electron chi connectivity index (χ1n) is 16.3. The first-order valence-corrected chi connectivity index (χ1v) is 16.7. The van der Waals surface area contributed by atoms with Crippen LogP contribution in [0.3, 0.4) is 0 Å². The second kappa shape index (κ2) is 15.3. The zero-order valence-electron chi connectivity index (χ0n) is 28.0. The molecule has 3 aromatic heterocycles. The van der Waals surface area contributed by atoms with Gasteiger partial charge in [0.1, 0.15) is 5.52 Å². The van der Waals surface area contributed by atoms with E-state index in [0.29, 0.717) is 46.0 Å². The van der Waals surface area contributed by atoms with Gasteiger partial charge in [-0.2, -0.15) is 0 Å². The summed E-state index contributed by atoms with van der Waals surface area (Å²) in [4.78, 5) is 29.3. The summed E-state index contributed by atoms with van der Waals surface area (Å²) in [5, 5.41) is 7.31. The fourth-order valence-electron chi connectivity index (χ4n) is 6.36. The van der Waals surface area contributed by atoms with Gasteiger partial charge in [-0.25, -0.2) is 23.7 Å². The lowest BCUT2D eigenvalue weighted by Crippen LogP contribution is -2.35. The van der Waals surface area contributed by atoms with E-state index in [4.69, 9.17) is 26.1 Å². The van der Waals surface area contributed by atoms with Crippen LogP contribution in [0.5, 0.6) is 5.88 Å². The van der Waals surface area contributed by atoms with Crippen LogP contribution in [0.4, 0.5) is 20.3 Å². The Bertz CT molecular complexity index is 2050. The number of nitrogens with one attached hydrogen (secondary N) is 2. The Balaban J connectivity index is 1.25. The van der Waals surface area contributed by atoms with Crippen molar-refractivity contribution in [2.75, 3.05) is 19.5 Å². The molecule has 5 aromatic rings.